The molecule has 0 aromatic carbocycles. The van der Waals surface area contributed by atoms with Crippen molar-refractivity contribution in [1.29, 1.82) is 0 Å². The molecule has 0 spiro atoms. The Kier molecular flexibility index (Phi) is 2.06. The average molecular weight is 197 g/mol. The van der Waals surface area contributed by atoms with E-state index in [0.29, 0.717) is 4.47 Å². The minimum atomic E-state index is 0.571. The van der Waals surface area contributed by atoms with Crippen LogP contribution in [0.4, 0.5) is 0 Å². The van der Waals surface area contributed by atoms with Crippen LogP contribution in [0.3, 0.4) is 0 Å². The zero-order chi connectivity index (χ0) is 8.39. The fourth-order valence-corrected chi connectivity index (χ4v) is 1.85. The summed E-state index contributed by atoms with van der Waals surface area (Å²) in [6.45, 7) is 0. The first kappa shape index (κ1) is 7.71. The third-order valence-electron chi connectivity index (χ3n) is 1.44. The number of rotatable bonds is 1. The third kappa shape index (κ3) is 1.47. The molecule has 0 amide bonds. The largest absolute Gasteiger partial charge is 0.265 e. The van der Waals surface area contributed by atoms with E-state index in [1.165, 1.54) is 11.3 Å². The van der Waals surface area contributed by atoms with Gasteiger partial charge in [0, 0.05) is 18.6 Å². The smallest absolute Gasteiger partial charge is 0.184 e. The Bertz CT molecular complexity index is 372. The summed E-state index contributed by atoms with van der Waals surface area (Å²) in [5.74, 6) is 0. The second-order valence-electron chi connectivity index (χ2n) is 2.21. The molecule has 4 heteroatoms. The lowest BCUT2D eigenvalue weighted by Crippen LogP contribution is -1.71. The highest BCUT2D eigenvalue weighted by Crippen LogP contribution is 2.27. The van der Waals surface area contributed by atoms with Gasteiger partial charge in [0.15, 0.2) is 4.47 Å². The number of thiazole rings is 1. The molecule has 2 rings (SSSR count). The van der Waals surface area contributed by atoms with Gasteiger partial charge in [-0.1, -0.05) is 11.6 Å². The molecule has 12 heavy (non-hydrogen) atoms. The van der Waals surface area contributed by atoms with Crippen LogP contribution in [0.5, 0.6) is 0 Å². The van der Waals surface area contributed by atoms with Crippen LogP contribution >= 0.6 is 22.9 Å². The molecule has 60 valence electrons. The lowest BCUT2D eigenvalue weighted by atomic mass is 10.2. The van der Waals surface area contributed by atoms with E-state index in [1.807, 2.05) is 12.1 Å². The lowest BCUT2D eigenvalue weighted by molar-refractivity contribution is 1.33. The SMILES string of the molecule is Clc1ncc(-c2ccncc2)s1. The van der Waals surface area contributed by atoms with E-state index in [4.69, 9.17) is 11.6 Å². The van der Waals surface area contributed by atoms with E-state index in [9.17, 15) is 0 Å². The zero-order valence-corrected chi connectivity index (χ0v) is 7.64. The van der Waals surface area contributed by atoms with E-state index in [1.54, 1.807) is 18.6 Å². The van der Waals surface area contributed by atoms with Gasteiger partial charge < -0.3 is 0 Å². The number of hydrogen-bond donors (Lipinski definition) is 0. The van der Waals surface area contributed by atoms with Gasteiger partial charge in [-0.15, -0.1) is 11.3 Å². The maximum Gasteiger partial charge on any atom is 0.184 e. The fraction of sp³-hybridized carbons (Fsp3) is 0. The molecule has 0 saturated heterocycles. The van der Waals surface area contributed by atoms with Crippen LogP contribution in [-0.4, -0.2) is 9.97 Å². The van der Waals surface area contributed by atoms with Crippen LogP contribution in [0.1, 0.15) is 0 Å². The molecule has 2 heterocycles. The highest BCUT2D eigenvalue weighted by molar-refractivity contribution is 7.18. The van der Waals surface area contributed by atoms with E-state index >= 15 is 0 Å². The van der Waals surface area contributed by atoms with Crippen molar-refractivity contribution in [2.45, 2.75) is 0 Å². The Morgan fingerprint density at radius 2 is 2.00 bits per heavy atom. The van der Waals surface area contributed by atoms with Crippen LogP contribution < -0.4 is 0 Å². The van der Waals surface area contributed by atoms with Crippen molar-refractivity contribution in [3.8, 4) is 10.4 Å². The number of halogens is 1. The third-order valence-corrected chi connectivity index (χ3v) is 2.61. The number of hydrogen-bond acceptors (Lipinski definition) is 3. The summed E-state index contributed by atoms with van der Waals surface area (Å²) in [5.41, 5.74) is 1.11. The molecule has 2 nitrogen and oxygen atoms in total. The predicted molar refractivity (Wildman–Crippen MR) is 50.4 cm³/mol. The summed E-state index contributed by atoms with van der Waals surface area (Å²) in [6, 6.07) is 3.87. The topological polar surface area (TPSA) is 25.8 Å². The quantitative estimate of drug-likeness (QED) is 0.701. The molecule has 2 aromatic rings. The Balaban J connectivity index is 2.45. The summed E-state index contributed by atoms with van der Waals surface area (Å²) in [4.78, 5) is 8.96. The fourth-order valence-electron chi connectivity index (χ4n) is 0.902. The molecular weight excluding hydrogens is 192 g/mol. The van der Waals surface area contributed by atoms with Crippen molar-refractivity contribution in [1.82, 2.24) is 9.97 Å². The summed E-state index contributed by atoms with van der Waals surface area (Å²) in [5, 5.41) is 0. The van der Waals surface area contributed by atoms with E-state index < -0.39 is 0 Å². The van der Waals surface area contributed by atoms with Gasteiger partial charge in [-0.3, -0.25) is 4.98 Å². The van der Waals surface area contributed by atoms with Crippen LogP contribution in [0.2, 0.25) is 4.47 Å². The molecule has 0 N–H and O–H groups in total. The van der Waals surface area contributed by atoms with Gasteiger partial charge in [0.2, 0.25) is 0 Å². The standard InChI is InChI=1S/C8H5ClN2S/c9-8-11-5-7(12-8)6-1-3-10-4-2-6/h1-5H. The summed E-state index contributed by atoms with van der Waals surface area (Å²) < 4.78 is 0.571. The highest BCUT2D eigenvalue weighted by Gasteiger charge is 2.00. The maximum absolute atomic E-state index is 5.70. The molecule has 0 fully saturated rings. The molecule has 2 aromatic heterocycles. The maximum atomic E-state index is 5.70. The zero-order valence-electron chi connectivity index (χ0n) is 6.07. The van der Waals surface area contributed by atoms with Gasteiger partial charge in [0.1, 0.15) is 0 Å². The molecule has 0 saturated carbocycles. The van der Waals surface area contributed by atoms with Crippen molar-refractivity contribution in [2.75, 3.05) is 0 Å². The second-order valence-corrected chi connectivity index (χ2v) is 3.83. The van der Waals surface area contributed by atoms with E-state index in [0.717, 1.165) is 10.4 Å². The molecule has 0 atom stereocenters. The van der Waals surface area contributed by atoms with Crippen LogP contribution in [0.15, 0.2) is 30.7 Å². The van der Waals surface area contributed by atoms with Gasteiger partial charge in [-0.25, -0.2) is 4.98 Å². The molecular formula is C8H5ClN2S. The van der Waals surface area contributed by atoms with Gasteiger partial charge in [-0.2, -0.15) is 0 Å². The summed E-state index contributed by atoms with van der Waals surface area (Å²) in [6.07, 6.45) is 5.27. The summed E-state index contributed by atoms with van der Waals surface area (Å²) in [7, 11) is 0. The Morgan fingerprint density at radius 3 is 2.58 bits per heavy atom. The van der Waals surface area contributed by atoms with Gasteiger partial charge in [0.05, 0.1) is 4.88 Å². The average Bonchev–Trinajstić information content (AvgIpc) is 2.54. The van der Waals surface area contributed by atoms with Crippen molar-refractivity contribution in [3.05, 3.63) is 35.2 Å². The molecule has 0 bridgehead atoms. The van der Waals surface area contributed by atoms with Gasteiger partial charge in [-0.05, 0) is 17.7 Å². The number of aromatic nitrogens is 2. The lowest BCUT2D eigenvalue weighted by Gasteiger charge is -1.91. The summed E-state index contributed by atoms with van der Waals surface area (Å²) >= 11 is 7.17. The van der Waals surface area contributed by atoms with E-state index in [2.05, 4.69) is 9.97 Å². The van der Waals surface area contributed by atoms with Crippen LogP contribution in [0, 0.1) is 0 Å². The highest BCUT2D eigenvalue weighted by atomic mass is 35.5. The molecule has 0 radical (unpaired) electrons. The Labute approximate surface area is 78.9 Å². The normalized spacial score (nSPS) is 10.1. The number of nitrogens with zero attached hydrogens (tertiary/aromatic N) is 2. The van der Waals surface area contributed by atoms with Crippen molar-refractivity contribution >= 4 is 22.9 Å². The van der Waals surface area contributed by atoms with Crippen molar-refractivity contribution in [3.63, 3.8) is 0 Å². The van der Waals surface area contributed by atoms with Crippen molar-refractivity contribution < 1.29 is 0 Å². The first-order valence-corrected chi connectivity index (χ1v) is 4.57. The van der Waals surface area contributed by atoms with Crippen LogP contribution in [-0.2, 0) is 0 Å². The van der Waals surface area contributed by atoms with Crippen LogP contribution in [0.25, 0.3) is 10.4 Å². The molecule has 0 aliphatic carbocycles. The molecule has 0 aliphatic rings. The Hall–Kier alpha value is -0.930. The Morgan fingerprint density at radius 1 is 1.25 bits per heavy atom. The predicted octanol–water partition coefficient (Wildman–Crippen LogP) is 2.86. The first-order chi connectivity index (χ1) is 5.86. The van der Waals surface area contributed by atoms with Gasteiger partial charge in [0.25, 0.3) is 0 Å². The number of pyridine rings is 1. The monoisotopic (exact) mass is 196 g/mol. The van der Waals surface area contributed by atoms with Gasteiger partial charge >= 0.3 is 0 Å². The minimum absolute atomic E-state index is 0.571. The minimum Gasteiger partial charge on any atom is -0.265 e. The molecule has 0 aliphatic heterocycles. The first-order valence-electron chi connectivity index (χ1n) is 3.38. The van der Waals surface area contributed by atoms with Crippen molar-refractivity contribution in [2.24, 2.45) is 0 Å². The van der Waals surface area contributed by atoms with E-state index in [-0.39, 0.29) is 0 Å². The second kappa shape index (κ2) is 3.21. The molecule has 0 unspecified atom stereocenters.